The molecule has 2 aromatic rings. The summed E-state index contributed by atoms with van der Waals surface area (Å²) in [5, 5.41) is 4.85. The maximum atomic E-state index is 12.5. The molecule has 0 unspecified atom stereocenters. The molecule has 0 fully saturated rings. The van der Waals surface area contributed by atoms with E-state index in [0.717, 1.165) is 42.7 Å². The molecular formula is C19H28N4O2S. The second-order valence-corrected chi connectivity index (χ2v) is 6.88. The van der Waals surface area contributed by atoms with Crippen LogP contribution in [-0.2, 0) is 6.54 Å². The Morgan fingerprint density at radius 1 is 1.27 bits per heavy atom. The summed E-state index contributed by atoms with van der Waals surface area (Å²) >= 11 is 5.50. The molecule has 142 valence electrons. The molecule has 6 nitrogen and oxygen atoms in total. The zero-order chi connectivity index (χ0) is 19.1. The van der Waals surface area contributed by atoms with Crippen LogP contribution in [0.5, 0.6) is 5.75 Å². The van der Waals surface area contributed by atoms with Crippen LogP contribution in [0.3, 0.4) is 0 Å². The van der Waals surface area contributed by atoms with Crippen LogP contribution in [0.1, 0.15) is 18.9 Å². The van der Waals surface area contributed by atoms with E-state index in [4.69, 9.17) is 17.0 Å². The number of ether oxygens (including phenoxy) is 1. The third-order valence-electron chi connectivity index (χ3n) is 4.14. The second-order valence-electron chi connectivity index (χ2n) is 6.49. The van der Waals surface area contributed by atoms with Gasteiger partial charge in [0.15, 0.2) is 5.11 Å². The van der Waals surface area contributed by atoms with Gasteiger partial charge in [0.25, 0.3) is 5.56 Å². The van der Waals surface area contributed by atoms with Gasteiger partial charge in [-0.2, -0.15) is 0 Å². The predicted molar refractivity (Wildman–Crippen MR) is 111 cm³/mol. The minimum atomic E-state index is -0.0948. The molecule has 0 atom stereocenters. The number of nitrogens with zero attached hydrogens (tertiary/aromatic N) is 2. The Morgan fingerprint density at radius 3 is 2.69 bits per heavy atom. The topological polar surface area (TPSA) is 60.6 Å². The van der Waals surface area contributed by atoms with Gasteiger partial charge < -0.3 is 24.8 Å². The molecule has 1 heterocycles. The lowest BCUT2D eigenvalue weighted by Crippen LogP contribution is -2.41. The molecule has 0 saturated heterocycles. The Morgan fingerprint density at radius 2 is 2.04 bits per heavy atom. The highest BCUT2D eigenvalue weighted by molar-refractivity contribution is 7.80. The molecule has 2 N–H and O–H groups in total. The van der Waals surface area contributed by atoms with Crippen molar-refractivity contribution in [3.8, 4) is 5.75 Å². The van der Waals surface area contributed by atoms with Gasteiger partial charge in [0.05, 0.1) is 19.2 Å². The normalized spacial score (nSPS) is 11.0. The molecule has 0 amide bonds. The highest BCUT2D eigenvalue weighted by Crippen LogP contribution is 2.19. The van der Waals surface area contributed by atoms with Crippen LogP contribution < -0.4 is 15.6 Å². The molecular weight excluding hydrogens is 348 g/mol. The van der Waals surface area contributed by atoms with E-state index >= 15 is 0 Å². The molecule has 0 radical (unpaired) electrons. The molecule has 1 aromatic carbocycles. The molecule has 0 aliphatic heterocycles. The number of benzene rings is 1. The van der Waals surface area contributed by atoms with Gasteiger partial charge in [-0.05, 0) is 69.8 Å². The van der Waals surface area contributed by atoms with E-state index in [1.165, 1.54) is 0 Å². The van der Waals surface area contributed by atoms with Gasteiger partial charge in [-0.25, -0.2) is 0 Å². The van der Waals surface area contributed by atoms with Crippen LogP contribution in [-0.4, -0.2) is 60.7 Å². The fourth-order valence-electron chi connectivity index (χ4n) is 2.77. The van der Waals surface area contributed by atoms with Gasteiger partial charge >= 0.3 is 0 Å². The zero-order valence-corrected chi connectivity index (χ0v) is 16.8. The average molecular weight is 377 g/mol. The van der Waals surface area contributed by atoms with E-state index < -0.39 is 0 Å². The number of pyridine rings is 1. The summed E-state index contributed by atoms with van der Waals surface area (Å²) in [4.78, 5) is 19.7. The maximum Gasteiger partial charge on any atom is 0.253 e. The van der Waals surface area contributed by atoms with E-state index in [0.29, 0.717) is 17.2 Å². The van der Waals surface area contributed by atoms with Crippen LogP contribution in [0.2, 0.25) is 0 Å². The Bertz CT molecular complexity index is 804. The first kappa shape index (κ1) is 20.2. The quantitative estimate of drug-likeness (QED) is 0.689. The fraction of sp³-hybridized carbons (Fsp3) is 0.474. The molecule has 0 saturated carbocycles. The first-order valence-corrected chi connectivity index (χ1v) is 9.23. The highest BCUT2D eigenvalue weighted by atomic mass is 32.1. The number of aromatic nitrogens is 1. The van der Waals surface area contributed by atoms with Gasteiger partial charge in [0.2, 0.25) is 0 Å². The average Bonchev–Trinajstić information content (AvgIpc) is 2.60. The van der Waals surface area contributed by atoms with Crippen molar-refractivity contribution >= 4 is 28.2 Å². The van der Waals surface area contributed by atoms with Crippen LogP contribution in [0.15, 0.2) is 29.1 Å². The molecule has 0 aliphatic rings. The lowest BCUT2D eigenvalue weighted by atomic mass is 10.1. The van der Waals surface area contributed by atoms with Gasteiger partial charge in [0.1, 0.15) is 5.75 Å². The summed E-state index contributed by atoms with van der Waals surface area (Å²) in [5.74, 6) is 0.722. The Kier molecular flexibility index (Phi) is 7.41. The summed E-state index contributed by atoms with van der Waals surface area (Å²) in [6.45, 7) is 5.02. The molecule has 1 aromatic heterocycles. The summed E-state index contributed by atoms with van der Waals surface area (Å²) in [6.07, 6.45) is 0.973. The second kappa shape index (κ2) is 9.54. The van der Waals surface area contributed by atoms with Crippen molar-refractivity contribution < 1.29 is 4.74 Å². The predicted octanol–water partition coefficient (Wildman–Crippen LogP) is 2.18. The van der Waals surface area contributed by atoms with Gasteiger partial charge in [0, 0.05) is 24.7 Å². The van der Waals surface area contributed by atoms with Crippen molar-refractivity contribution in [1.82, 2.24) is 20.1 Å². The van der Waals surface area contributed by atoms with Crippen LogP contribution >= 0.6 is 12.2 Å². The third-order valence-corrected chi connectivity index (χ3v) is 4.54. The number of hydrogen-bond donors (Lipinski definition) is 2. The van der Waals surface area contributed by atoms with Crippen LogP contribution in [0.25, 0.3) is 10.9 Å². The molecule has 7 heteroatoms. The summed E-state index contributed by atoms with van der Waals surface area (Å²) in [6, 6.07) is 7.61. The lowest BCUT2D eigenvalue weighted by molar-refractivity contribution is 0.341. The van der Waals surface area contributed by atoms with Gasteiger partial charge in [-0.1, -0.05) is 0 Å². The summed E-state index contributed by atoms with van der Waals surface area (Å²) in [5.41, 5.74) is 1.38. The Hall–Kier alpha value is -2.12. The number of hydrogen-bond acceptors (Lipinski definition) is 4. The summed E-state index contributed by atoms with van der Waals surface area (Å²) < 4.78 is 5.22. The molecule has 0 spiro atoms. The van der Waals surface area contributed by atoms with Gasteiger partial charge in [-0.15, -0.1) is 0 Å². The van der Waals surface area contributed by atoms with E-state index in [1.54, 1.807) is 7.11 Å². The fourth-order valence-corrected chi connectivity index (χ4v) is 3.07. The third kappa shape index (κ3) is 5.44. The zero-order valence-electron chi connectivity index (χ0n) is 16.0. The Labute approximate surface area is 160 Å². The van der Waals surface area contributed by atoms with E-state index in [9.17, 15) is 4.79 Å². The van der Waals surface area contributed by atoms with Crippen molar-refractivity contribution in [2.75, 3.05) is 40.8 Å². The van der Waals surface area contributed by atoms with Crippen molar-refractivity contribution in [1.29, 1.82) is 0 Å². The van der Waals surface area contributed by atoms with E-state index in [-0.39, 0.29) is 5.56 Å². The Balaban J connectivity index is 2.23. The minimum Gasteiger partial charge on any atom is -0.497 e. The molecule has 2 rings (SSSR count). The molecule has 0 aliphatic carbocycles. The first-order valence-electron chi connectivity index (χ1n) is 8.82. The van der Waals surface area contributed by atoms with Crippen LogP contribution in [0, 0.1) is 0 Å². The van der Waals surface area contributed by atoms with Crippen LogP contribution in [0.4, 0.5) is 0 Å². The number of aromatic amines is 1. The SMILES string of the molecule is CCNC(=S)N(CCCN(C)C)Cc1cc2ccc(OC)cc2[nH]c1=O. The van der Waals surface area contributed by atoms with Crippen molar-refractivity contribution in [2.45, 2.75) is 19.9 Å². The number of nitrogens with one attached hydrogen (secondary N) is 2. The van der Waals surface area contributed by atoms with E-state index in [2.05, 4.69) is 34.2 Å². The monoisotopic (exact) mass is 376 g/mol. The first-order chi connectivity index (χ1) is 12.4. The maximum absolute atomic E-state index is 12.5. The number of fused-ring (bicyclic) bond motifs is 1. The smallest absolute Gasteiger partial charge is 0.253 e. The van der Waals surface area contributed by atoms with Gasteiger partial charge in [-0.3, -0.25) is 4.79 Å². The number of rotatable bonds is 8. The number of H-pyrrole nitrogens is 1. The highest BCUT2D eigenvalue weighted by Gasteiger charge is 2.13. The minimum absolute atomic E-state index is 0.0948. The van der Waals surface area contributed by atoms with Crippen molar-refractivity contribution in [3.05, 3.63) is 40.2 Å². The molecule has 0 bridgehead atoms. The molecule has 26 heavy (non-hydrogen) atoms. The van der Waals surface area contributed by atoms with Crippen molar-refractivity contribution in [3.63, 3.8) is 0 Å². The standard InChI is InChI=1S/C19H28N4O2S/c1-5-20-19(26)23(10-6-9-22(2)3)13-15-11-14-7-8-16(25-4)12-17(14)21-18(15)24/h7-8,11-12H,5-6,9-10,13H2,1-4H3,(H,20,26)(H,21,24). The summed E-state index contributed by atoms with van der Waals surface area (Å²) in [7, 11) is 5.71. The van der Waals surface area contributed by atoms with Crippen molar-refractivity contribution in [2.24, 2.45) is 0 Å². The van der Waals surface area contributed by atoms with E-state index in [1.807, 2.05) is 31.2 Å². The lowest BCUT2D eigenvalue weighted by Gasteiger charge is -2.26. The largest absolute Gasteiger partial charge is 0.497 e. The number of methoxy groups -OCH3 is 1. The number of thiocarbonyl (C=S) groups is 1.